The second-order valence-corrected chi connectivity index (χ2v) is 5.11. The SMILES string of the molecule is O=C(CNC(=O)c1ccccc1O)NN=Cc1ccc2c(c1)OCO2. The van der Waals surface area contributed by atoms with E-state index in [4.69, 9.17) is 9.47 Å². The highest BCUT2D eigenvalue weighted by molar-refractivity contribution is 5.98. The van der Waals surface area contributed by atoms with Crippen LogP contribution in [0.2, 0.25) is 0 Å². The molecule has 0 bridgehead atoms. The second kappa shape index (κ2) is 7.35. The highest BCUT2D eigenvalue weighted by atomic mass is 16.7. The Labute approximate surface area is 143 Å². The minimum absolute atomic E-state index is 0.0964. The Morgan fingerprint density at radius 3 is 2.80 bits per heavy atom. The third-order valence-electron chi connectivity index (χ3n) is 3.36. The summed E-state index contributed by atoms with van der Waals surface area (Å²) in [4.78, 5) is 23.6. The summed E-state index contributed by atoms with van der Waals surface area (Å²) in [5, 5.41) is 15.8. The summed E-state index contributed by atoms with van der Waals surface area (Å²) in [6.45, 7) is -0.0883. The molecule has 1 heterocycles. The number of nitrogens with one attached hydrogen (secondary N) is 2. The first-order chi connectivity index (χ1) is 12.1. The normalized spacial score (nSPS) is 12.2. The van der Waals surface area contributed by atoms with Crippen molar-refractivity contribution in [3.63, 3.8) is 0 Å². The number of hydrogen-bond acceptors (Lipinski definition) is 6. The van der Waals surface area contributed by atoms with Gasteiger partial charge in [-0.2, -0.15) is 5.10 Å². The average molecular weight is 341 g/mol. The van der Waals surface area contributed by atoms with E-state index in [-0.39, 0.29) is 24.7 Å². The molecule has 3 rings (SSSR count). The molecule has 2 aromatic rings. The zero-order chi connectivity index (χ0) is 17.6. The minimum Gasteiger partial charge on any atom is -0.507 e. The van der Waals surface area contributed by atoms with E-state index in [9.17, 15) is 14.7 Å². The van der Waals surface area contributed by atoms with E-state index in [1.54, 1.807) is 30.3 Å². The van der Waals surface area contributed by atoms with Gasteiger partial charge in [-0.15, -0.1) is 0 Å². The van der Waals surface area contributed by atoms with Crippen LogP contribution < -0.4 is 20.2 Å². The lowest BCUT2D eigenvalue weighted by molar-refractivity contribution is -0.120. The van der Waals surface area contributed by atoms with E-state index in [1.165, 1.54) is 18.3 Å². The summed E-state index contributed by atoms with van der Waals surface area (Å²) >= 11 is 0. The molecule has 0 spiro atoms. The first-order valence-corrected chi connectivity index (χ1v) is 7.41. The molecular weight excluding hydrogens is 326 g/mol. The number of hydrogen-bond donors (Lipinski definition) is 3. The lowest BCUT2D eigenvalue weighted by atomic mass is 10.2. The zero-order valence-electron chi connectivity index (χ0n) is 13.1. The maximum atomic E-state index is 11.9. The molecule has 3 N–H and O–H groups in total. The summed E-state index contributed by atoms with van der Waals surface area (Å²) < 4.78 is 10.4. The number of rotatable bonds is 5. The number of carbonyl (C=O) groups excluding carboxylic acids is 2. The topological polar surface area (TPSA) is 109 Å². The fourth-order valence-electron chi connectivity index (χ4n) is 2.13. The van der Waals surface area contributed by atoms with Crippen molar-refractivity contribution in [1.29, 1.82) is 0 Å². The van der Waals surface area contributed by atoms with Crippen molar-refractivity contribution >= 4 is 18.0 Å². The van der Waals surface area contributed by atoms with E-state index in [1.807, 2.05) is 0 Å². The average Bonchev–Trinajstić information content (AvgIpc) is 3.08. The van der Waals surface area contributed by atoms with Crippen LogP contribution in [0.25, 0.3) is 0 Å². The van der Waals surface area contributed by atoms with Crippen molar-refractivity contribution in [3.05, 3.63) is 53.6 Å². The lowest BCUT2D eigenvalue weighted by Crippen LogP contribution is -2.34. The third kappa shape index (κ3) is 4.05. The highest BCUT2D eigenvalue weighted by Crippen LogP contribution is 2.31. The largest absolute Gasteiger partial charge is 0.507 e. The Morgan fingerprint density at radius 2 is 1.96 bits per heavy atom. The quantitative estimate of drug-likeness (QED) is 0.555. The van der Waals surface area contributed by atoms with Crippen LogP contribution in [0.3, 0.4) is 0 Å². The van der Waals surface area contributed by atoms with Gasteiger partial charge in [-0.3, -0.25) is 9.59 Å². The van der Waals surface area contributed by atoms with Crippen LogP contribution in [-0.4, -0.2) is 36.5 Å². The fourth-order valence-corrected chi connectivity index (χ4v) is 2.13. The maximum absolute atomic E-state index is 11.9. The molecule has 0 aliphatic carbocycles. The van der Waals surface area contributed by atoms with Gasteiger partial charge in [0.15, 0.2) is 11.5 Å². The number of phenolic OH excluding ortho intramolecular Hbond substituents is 1. The molecule has 128 valence electrons. The smallest absolute Gasteiger partial charge is 0.259 e. The molecule has 2 aromatic carbocycles. The summed E-state index contributed by atoms with van der Waals surface area (Å²) in [7, 11) is 0. The number of hydrazone groups is 1. The molecule has 0 atom stereocenters. The van der Waals surface area contributed by atoms with E-state index < -0.39 is 11.8 Å². The van der Waals surface area contributed by atoms with Crippen LogP contribution in [0.5, 0.6) is 17.2 Å². The fraction of sp³-hybridized carbons (Fsp3) is 0.118. The Morgan fingerprint density at radius 1 is 1.16 bits per heavy atom. The molecule has 2 amide bonds. The van der Waals surface area contributed by atoms with Gasteiger partial charge in [0.25, 0.3) is 11.8 Å². The van der Waals surface area contributed by atoms with Gasteiger partial charge in [-0.1, -0.05) is 12.1 Å². The first-order valence-electron chi connectivity index (χ1n) is 7.41. The van der Waals surface area contributed by atoms with Crippen LogP contribution in [0.1, 0.15) is 15.9 Å². The summed E-state index contributed by atoms with van der Waals surface area (Å²) in [6, 6.07) is 11.3. The molecule has 0 unspecified atom stereocenters. The zero-order valence-corrected chi connectivity index (χ0v) is 13.1. The molecule has 0 saturated carbocycles. The van der Waals surface area contributed by atoms with Gasteiger partial charge in [0, 0.05) is 0 Å². The number of nitrogens with zero attached hydrogens (tertiary/aromatic N) is 1. The van der Waals surface area contributed by atoms with Gasteiger partial charge in [0.2, 0.25) is 6.79 Å². The Bertz CT molecular complexity index is 835. The minimum atomic E-state index is -0.548. The first kappa shape index (κ1) is 16.3. The van der Waals surface area contributed by atoms with Crippen LogP contribution in [0.15, 0.2) is 47.6 Å². The second-order valence-electron chi connectivity index (χ2n) is 5.11. The van der Waals surface area contributed by atoms with Crippen LogP contribution in [0.4, 0.5) is 0 Å². The maximum Gasteiger partial charge on any atom is 0.259 e. The van der Waals surface area contributed by atoms with Crippen molar-refractivity contribution in [2.45, 2.75) is 0 Å². The van der Waals surface area contributed by atoms with E-state index in [0.717, 1.165) is 5.56 Å². The van der Waals surface area contributed by atoms with Crippen LogP contribution in [-0.2, 0) is 4.79 Å². The number of phenols is 1. The molecule has 0 radical (unpaired) electrons. The van der Waals surface area contributed by atoms with Crippen LogP contribution in [0, 0.1) is 0 Å². The van der Waals surface area contributed by atoms with Gasteiger partial charge in [-0.25, -0.2) is 5.43 Å². The molecular formula is C17H15N3O5. The van der Waals surface area contributed by atoms with Gasteiger partial charge in [0.1, 0.15) is 5.75 Å². The highest BCUT2D eigenvalue weighted by Gasteiger charge is 2.13. The summed E-state index contributed by atoms with van der Waals surface area (Å²) in [5.74, 6) is 0.0771. The van der Waals surface area contributed by atoms with Gasteiger partial charge in [0.05, 0.1) is 18.3 Å². The van der Waals surface area contributed by atoms with Crippen molar-refractivity contribution < 1.29 is 24.2 Å². The van der Waals surface area contributed by atoms with Crippen molar-refractivity contribution in [2.75, 3.05) is 13.3 Å². The Hall–Kier alpha value is -3.55. The van der Waals surface area contributed by atoms with E-state index in [2.05, 4.69) is 15.8 Å². The predicted molar refractivity (Wildman–Crippen MR) is 88.7 cm³/mol. The Kier molecular flexibility index (Phi) is 4.79. The van der Waals surface area contributed by atoms with Gasteiger partial charge in [-0.05, 0) is 35.9 Å². The molecule has 1 aliphatic heterocycles. The molecule has 0 fully saturated rings. The molecule has 8 heteroatoms. The number of ether oxygens (including phenoxy) is 2. The number of para-hydroxylation sites is 1. The van der Waals surface area contributed by atoms with E-state index in [0.29, 0.717) is 11.5 Å². The molecule has 8 nitrogen and oxygen atoms in total. The number of aromatic hydroxyl groups is 1. The molecule has 0 aromatic heterocycles. The standard InChI is InChI=1S/C17H15N3O5/c21-13-4-2-1-3-12(13)17(23)18-9-16(22)20-19-8-11-5-6-14-15(7-11)25-10-24-14/h1-8,21H,9-10H2,(H,18,23)(H,20,22). The van der Waals surface area contributed by atoms with Gasteiger partial charge < -0.3 is 19.9 Å². The van der Waals surface area contributed by atoms with Crippen LogP contribution >= 0.6 is 0 Å². The third-order valence-corrected chi connectivity index (χ3v) is 3.36. The van der Waals surface area contributed by atoms with E-state index >= 15 is 0 Å². The summed E-state index contributed by atoms with van der Waals surface area (Å²) in [6.07, 6.45) is 1.45. The number of amides is 2. The number of carbonyl (C=O) groups is 2. The van der Waals surface area contributed by atoms with Crippen molar-refractivity contribution in [3.8, 4) is 17.2 Å². The lowest BCUT2D eigenvalue weighted by Gasteiger charge is -2.05. The van der Waals surface area contributed by atoms with Crippen molar-refractivity contribution in [1.82, 2.24) is 10.7 Å². The monoisotopic (exact) mass is 341 g/mol. The van der Waals surface area contributed by atoms with Crippen molar-refractivity contribution in [2.24, 2.45) is 5.10 Å². The number of benzene rings is 2. The molecule has 1 aliphatic rings. The van der Waals surface area contributed by atoms with Gasteiger partial charge >= 0.3 is 0 Å². The molecule has 25 heavy (non-hydrogen) atoms. The Balaban J connectivity index is 1.48. The molecule has 0 saturated heterocycles. The summed E-state index contributed by atoms with van der Waals surface area (Å²) in [5.41, 5.74) is 3.12. The number of fused-ring (bicyclic) bond motifs is 1. The predicted octanol–water partition coefficient (Wildman–Crippen LogP) is 1.00.